The average Bonchev–Trinajstić information content (AvgIpc) is 2.69. The van der Waals surface area contributed by atoms with Gasteiger partial charge in [-0.05, 0) is 25.6 Å². The lowest BCUT2D eigenvalue weighted by atomic mass is 10.1. The molecule has 0 saturated carbocycles. The topological polar surface area (TPSA) is 29.9 Å². The van der Waals surface area contributed by atoms with Crippen LogP contribution in [0.1, 0.15) is 11.1 Å². The summed E-state index contributed by atoms with van der Waals surface area (Å²) in [5, 5.41) is 4.22. The molecule has 4 heteroatoms. The van der Waals surface area contributed by atoms with Gasteiger partial charge in [-0.1, -0.05) is 29.5 Å². The maximum Gasteiger partial charge on any atom is 0.172 e. The van der Waals surface area contributed by atoms with Gasteiger partial charge in [0, 0.05) is 30.9 Å². The van der Waals surface area contributed by atoms with Crippen LogP contribution < -0.4 is 5.32 Å². The zero-order valence-corrected chi connectivity index (χ0v) is 11.2. The second kappa shape index (κ2) is 5.38. The molecule has 0 aliphatic heterocycles. The maximum absolute atomic E-state index is 4.34. The van der Waals surface area contributed by atoms with Crippen molar-refractivity contribution in [2.75, 3.05) is 7.05 Å². The van der Waals surface area contributed by atoms with Crippen molar-refractivity contribution < 1.29 is 0 Å². The van der Waals surface area contributed by atoms with Crippen LogP contribution in [0.4, 0.5) is 0 Å². The van der Waals surface area contributed by atoms with Gasteiger partial charge in [0.05, 0.1) is 0 Å². The monoisotopic (exact) mass is 247 g/mol. The minimum atomic E-state index is 0.883. The first-order valence-corrected chi connectivity index (χ1v) is 6.41. The summed E-state index contributed by atoms with van der Waals surface area (Å²) in [6.45, 7) is 3.00. The first kappa shape index (κ1) is 12.2. The number of aryl methyl sites for hydroxylation is 2. The zero-order chi connectivity index (χ0) is 12.3. The summed E-state index contributed by atoms with van der Waals surface area (Å²) in [5.74, 6) is 0. The van der Waals surface area contributed by atoms with Crippen molar-refractivity contribution in [3.05, 3.63) is 41.7 Å². The summed E-state index contributed by atoms with van der Waals surface area (Å²) in [7, 11) is 3.98. The molecule has 1 N–H and O–H groups in total. The highest BCUT2D eigenvalue weighted by Gasteiger charge is 2.07. The fourth-order valence-electron chi connectivity index (χ4n) is 1.69. The minimum absolute atomic E-state index is 0.883. The van der Waals surface area contributed by atoms with Crippen LogP contribution in [0.25, 0.3) is 0 Å². The SMILES string of the molecule is CNCc1cc(C)ccc1Sc1nccn1C. The summed E-state index contributed by atoms with van der Waals surface area (Å²) < 4.78 is 2.04. The standard InChI is InChI=1S/C13H17N3S/c1-10-4-5-12(11(8-10)9-14-2)17-13-15-6-7-16(13)3/h4-8,14H,9H2,1-3H3. The fourth-order valence-corrected chi connectivity index (χ4v) is 2.60. The van der Waals surface area contributed by atoms with Crippen LogP contribution in [0.5, 0.6) is 0 Å². The Balaban J connectivity index is 2.29. The van der Waals surface area contributed by atoms with Gasteiger partial charge in [-0.3, -0.25) is 0 Å². The lowest BCUT2D eigenvalue weighted by Crippen LogP contribution is -2.06. The van der Waals surface area contributed by atoms with E-state index < -0.39 is 0 Å². The molecule has 1 aromatic heterocycles. The fraction of sp³-hybridized carbons (Fsp3) is 0.308. The number of imidazole rings is 1. The van der Waals surface area contributed by atoms with Gasteiger partial charge in [-0.25, -0.2) is 4.98 Å². The summed E-state index contributed by atoms with van der Waals surface area (Å²) in [6, 6.07) is 6.54. The number of rotatable bonds is 4. The second-order valence-electron chi connectivity index (χ2n) is 4.06. The molecule has 0 aliphatic carbocycles. The second-order valence-corrected chi connectivity index (χ2v) is 5.07. The number of nitrogens with one attached hydrogen (secondary N) is 1. The molecule has 0 radical (unpaired) electrons. The molecule has 3 nitrogen and oxygen atoms in total. The van der Waals surface area contributed by atoms with E-state index in [9.17, 15) is 0 Å². The molecule has 0 saturated heterocycles. The molecule has 0 atom stereocenters. The Hall–Kier alpha value is -1.26. The van der Waals surface area contributed by atoms with E-state index in [-0.39, 0.29) is 0 Å². The van der Waals surface area contributed by atoms with Crippen molar-refractivity contribution in [3.8, 4) is 0 Å². The number of hydrogen-bond donors (Lipinski definition) is 1. The number of nitrogens with zero attached hydrogens (tertiary/aromatic N) is 2. The first-order valence-electron chi connectivity index (χ1n) is 5.60. The average molecular weight is 247 g/mol. The van der Waals surface area contributed by atoms with Crippen molar-refractivity contribution in [2.24, 2.45) is 7.05 Å². The Morgan fingerprint density at radius 2 is 2.24 bits per heavy atom. The Morgan fingerprint density at radius 1 is 1.41 bits per heavy atom. The van der Waals surface area contributed by atoms with E-state index in [1.54, 1.807) is 11.8 Å². The van der Waals surface area contributed by atoms with E-state index in [1.165, 1.54) is 16.0 Å². The summed E-state index contributed by atoms with van der Waals surface area (Å²) >= 11 is 1.71. The molecular formula is C13H17N3S. The summed E-state index contributed by atoms with van der Waals surface area (Å²) in [4.78, 5) is 5.60. The summed E-state index contributed by atoms with van der Waals surface area (Å²) in [6.07, 6.45) is 3.79. The number of benzene rings is 1. The highest BCUT2D eigenvalue weighted by atomic mass is 32.2. The molecular weight excluding hydrogens is 230 g/mol. The van der Waals surface area contributed by atoms with Crippen molar-refractivity contribution in [1.82, 2.24) is 14.9 Å². The van der Waals surface area contributed by atoms with Gasteiger partial charge in [0.15, 0.2) is 5.16 Å². The first-order chi connectivity index (χ1) is 8.20. The maximum atomic E-state index is 4.34. The molecule has 0 fully saturated rings. The van der Waals surface area contributed by atoms with Gasteiger partial charge >= 0.3 is 0 Å². The Bertz CT molecular complexity index is 505. The molecule has 1 heterocycles. The van der Waals surface area contributed by atoms with Gasteiger partial charge in [0.25, 0.3) is 0 Å². The van der Waals surface area contributed by atoms with Crippen LogP contribution in [-0.2, 0) is 13.6 Å². The van der Waals surface area contributed by atoms with Gasteiger partial charge in [-0.2, -0.15) is 0 Å². The van der Waals surface area contributed by atoms with Crippen molar-refractivity contribution >= 4 is 11.8 Å². The molecule has 17 heavy (non-hydrogen) atoms. The van der Waals surface area contributed by atoms with Crippen LogP contribution >= 0.6 is 11.8 Å². The predicted octanol–water partition coefficient (Wildman–Crippen LogP) is 2.60. The van der Waals surface area contributed by atoms with Crippen LogP contribution in [0, 0.1) is 6.92 Å². The molecule has 2 aromatic rings. The molecule has 0 bridgehead atoms. The smallest absolute Gasteiger partial charge is 0.172 e. The van der Waals surface area contributed by atoms with Crippen LogP contribution in [0.3, 0.4) is 0 Å². The lowest BCUT2D eigenvalue weighted by molar-refractivity contribution is 0.783. The molecule has 90 valence electrons. The third kappa shape index (κ3) is 2.90. The van der Waals surface area contributed by atoms with Crippen LogP contribution in [-0.4, -0.2) is 16.6 Å². The van der Waals surface area contributed by atoms with Crippen molar-refractivity contribution in [1.29, 1.82) is 0 Å². The normalized spacial score (nSPS) is 10.8. The van der Waals surface area contributed by atoms with E-state index in [2.05, 4.69) is 35.4 Å². The van der Waals surface area contributed by atoms with E-state index in [0.29, 0.717) is 0 Å². The molecule has 0 aliphatic rings. The molecule has 1 aromatic carbocycles. The van der Waals surface area contributed by atoms with Crippen molar-refractivity contribution in [2.45, 2.75) is 23.5 Å². The minimum Gasteiger partial charge on any atom is -0.329 e. The van der Waals surface area contributed by atoms with E-state index in [4.69, 9.17) is 0 Å². The third-order valence-corrected chi connectivity index (χ3v) is 3.76. The molecule has 0 unspecified atom stereocenters. The number of aromatic nitrogens is 2. The number of hydrogen-bond acceptors (Lipinski definition) is 3. The van der Waals surface area contributed by atoms with E-state index in [1.807, 2.05) is 31.1 Å². The van der Waals surface area contributed by atoms with Gasteiger partial charge < -0.3 is 9.88 Å². The predicted molar refractivity (Wildman–Crippen MR) is 71.3 cm³/mol. The van der Waals surface area contributed by atoms with Gasteiger partial charge in [-0.15, -0.1) is 0 Å². The molecule has 2 rings (SSSR count). The molecule has 0 amide bonds. The van der Waals surface area contributed by atoms with Crippen LogP contribution in [0.15, 0.2) is 40.6 Å². The molecule has 0 spiro atoms. The Kier molecular flexibility index (Phi) is 3.86. The van der Waals surface area contributed by atoms with Crippen LogP contribution in [0.2, 0.25) is 0 Å². The van der Waals surface area contributed by atoms with Crippen molar-refractivity contribution in [3.63, 3.8) is 0 Å². The summed E-state index contributed by atoms with van der Waals surface area (Å²) in [5.41, 5.74) is 2.61. The van der Waals surface area contributed by atoms with E-state index >= 15 is 0 Å². The highest BCUT2D eigenvalue weighted by Crippen LogP contribution is 2.29. The Morgan fingerprint density at radius 3 is 2.88 bits per heavy atom. The van der Waals surface area contributed by atoms with Gasteiger partial charge in [0.2, 0.25) is 0 Å². The highest BCUT2D eigenvalue weighted by molar-refractivity contribution is 7.99. The van der Waals surface area contributed by atoms with Gasteiger partial charge in [0.1, 0.15) is 0 Å². The Labute approximate surface area is 106 Å². The third-order valence-electron chi connectivity index (χ3n) is 2.56. The zero-order valence-electron chi connectivity index (χ0n) is 10.4. The quantitative estimate of drug-likeness (QED) is 0.900. The largest absolute Gasteiger partial charge is 0.329 e. The lowest BCUT2D eigenvalue weighted by Gasteiger charge is -2.09. The van der Waals surface area contributed by atoms with E-state index in [0.717, 1.165) is 11.7 Å².